The number of halogens is 2. The molecule has 1 atom stereocenters. The van der Waals surface area contributed by atoms with Gasteiger partial charge in [-0.1, -0.05) is 23.2 Å². The largest absolute Gasteiger partial charge is 0.494 e. The smallest absolute Gasteiger partial charge is 0.261 e. The van der Waals surface area contributed by atoms with E-state index in [1.54, 1.807) is 17.0 Å². The number of amides is 1. The second kappa shape index (κ2) is 5.34. The predicted molar refractivity (Wildman–Crippen MR) is 69.5 cm³/mol. The molecule has 98 valence electrons. The first-order chi connectivity index (χ1) is 8.56. The van der Waals surface area contributed by atoms with Crippen molar-refractivity contribution in [2.75, 3.05) is 20.3 Å². The third kappa shape index (κ3) is 2.28. The fraction of sp³-hybridized carbons (Fsp3) is 0.417. The van der Waals surface area contributed by atoms with Crippen LogP contribution in [0.4, 0.5) is 0 Å². The van der Waals surface area contributed by atoms with E-state index >= 15 is 0 Å². The number of ether oxygens (including phenoxy) is 2. The van der Waals surface area contributed by atoms with Crippen molar-refractivity contribution in [3.63, 3.8) is 0 Å². The van der Waals surface area contributed by atoms with E-state index in [1.807, 2.05) is 6.92 Å². The average Bonchev–Trinajstić information content (AvgIpc) is 2.77. The van der Waals surface area contributed by atoms with Crippen LogP contribution in [0.15, 0.2) is 12.1 Å². The van der Waals surface area contributed by atoms with Gasteiger partial charge in [0.05, 0.1) is 23.8 Å². The Labute approximate surface area is 115 Å². The number of carbonyl (C=O) groups excluding carboxylic acids is 1. The number of hydrogen-bond acceptors (Lipinski definition) is 3. The summed E-state index contributed by atoms with van der Waals surface area (Å²) in [7, 11) is 1.46. The fourth-order valence-electron chi connectivity index (χ4n) is 1.94. The average molecular weight is 290 g/mol. The predicted octanol–water partition coefficient (Wildman–Crippen LogP) is 2.82. The van der Waals surface area contributed by atoms with E-state index in [9.17, 15) is 4.79 Å². The van der Waals surface area contributed by atoms with Crippen LogP contribution >= 0.6 is 23.2 Å². The molecule has 1 amide bonds. The summed E-state index contributed by atoms with van der Waals surface area (Å²) in [5.74, 6) is 0.0672. The number of methoxy groups -OCH3 is 1. The van der Waals surface area contributed by atoms with Crippen LogP contribution in [0.3, 0.4) is 0 Å². The highest BCUT2D eigenvalue weighted by atomic mass is 35.5. The molecule has 0 bridgehead atoms. The first kappa shape index (κ1) is 13.5. The molecule has 1 aromatic rings. The third-order valence-electron chi connectivity index (χ3n) is 2.87. The summed E-state index contributed by atoms with van der Waals surface area (Å²) in [6.45, 7) is 2.87. The van der Waals surface area contributed by atoms with Gasteiger partial charge in [-0.15, -0.1) is 0 Å². The summed E-state index contributed by atoms with van der Waals surface area (Å²) in [5.41, 5.74) is 0.281. The maximum absolute atomic E-state index is 12.4. The number of hydrogen-bond donors (Lipinski definition) is 0. The standard InChI is InChI=1S/C12H13Cl2NO3/c1-7-15(5-6-18-7)12(16)10-8(13)3-4-9(14)11(10)17-2/h3-4,7H,5-6H2,1-2H3. The van der Waals surface area contributed by atoms with Gasteiger partial charge in [0.1, 0.15) is 11.8 Å². The van der Waals surface area contributed by atoms with Crippen LogP contribution in [-0.2, 0) is 4.74 Å². The van der Waals surface area contributed by atoms with E-state index < -0.39 is 0 Å². The summed E-state index contributed by atoms with van der Waals surface area (Å²) >= 11 is 12.1. The van der Waals surface area contributed by atoms with Crippen LogP contribution < -0.4 is 4.74 Å². The molecule has 1 unspecified atom stereocenters. The van der Waals surface area contributed by atoms with Crippen LogP contribution in [0.5, 0.6) is 5.75 Å². The molecule has 1 saturated heterocycles. The highest BCUT2D eigenvalue weighted by Gasteiger charge is 2.30. The van der Waals surface area contributed by atoms with Gasteiger partial charge in [-0.2, -0.15) is 0 Å². The van der Waals surface area contributed by atoms with E-state index in [0.29, 0.717) is 28.9 Å². The number of rotatable bonds is 2. The first-order valence-corrected chi connectivity index (χ1v) is 6.26. The van der Waals surface area contributed by atoms with Crippen molar-refractivity contribution in [2.24, 2.45) is 0 Å². The third-order valence-corrected chi connectivity index (χ3v) is 3.48. The Morgan fingerprint density at radius 1 is 1.44 bits per heavy atom. The molecular weight excluding hydrogens is 277 g/mol. The summed E-state index contributed by atoms with van der Waals surface area (Å²) in [6.07, 6.45) is -0.266. The highest BCUT2D eigenvalue weighted by Crippen LogP contribution is 2.35. The Hall–Kier alpha value is -0.970. The Balaban J connectivity index is 2.43. The van der Waals surface area contributed by atoms with Gasteiger partial charge >= 0.3 is 0 Å². The maximum atomic E-state index is 12.4. The van der Waals surface area contributed by atoms with E-state index in [0.717, 1.165) is 0 Å². The molecule has 18 heavy (non-hydrogen) atoms. The number of nitrogens with zero attached hydrogens (tertiary/aromatic N) is 1. The molecule has 0 saturated carbocycles. The lowest BCUT2D eigenvalue weighted by Gasteiger charge is -2.21. The monoisotopic (exact) mass is 289 g/mol. The SMILES string of the molecule is COc1c(Cl)ccc(Cl)c1C(=O)N1CCOC1C. The molecule has 1 aliphatic rings. The molecule has 4 nitrogen and oxygen atoms in total. The van der Waals surface area contributed by atoms with Gasteiger partial charge in [-0.05, 0) is 19.1 Å². The van der Waals surface area contributed by atoms with Gasteiger partial charge in [-0.25, -0.2) is 0 Å². The highest BCUT2D eigenvalue weighted by molar-refractivity contribution is 6.37. The Kier molecular flexibility index (Phi) is 4.00. The molecule has 2 rings (SSSR count). The fourth-order valence-corrected chi connectivity index (χ4v) is 2.40. The summed E-state index contributed by atoms with van der Waals surface area (Å²) in [5, 5.41) is 0.679. The topological polar surface area (TPSA) is 38.8 Å². The van der Waals surface area contributed by atoms with Crippen LogP contribution in [-0.4, -0.2) is 37.3 Å². The van der Waals surface area contributed by atoms with Gasteiger partial charge in [0.25, 0.3) is 5.91 Å². The van der Waals surface area contributed by atoms with E-state index in [1.165, 1.54) is 7.11 Å². The van der Waals surface area contributed by atoms with E-state index in [2.05, 4.69) is 0 Å². The molecule has 0 spiro atoms. The molecule has 0 aromatic heterocycles. The van der Waals surface area contributed by atoms with Crippen molar-refractivity contribution in [1.29, 1.82) is 0 Å². The van der Waals surface area contributed by atoms with Crippen molar-refractivity contribution < 1.29 is 14.3 Å². The molecule has 0 N–H and O–H groups in total. The molecule has 1 heterocycles. The second-order valence-corrected chi connectivity index (χ2v) is 4.72. The minimum Gasteiger partial charge on any atom is -0.494 e. The van der Waals surface area contributed by atoms with Gasteiger partial charge < -0.3 is 14.4 Å². The molecule has 1 fully saturated rings. The Bertz CT molecular complexity index is 479. The lowest BCUT2D eigenvalue weighted by molar-refractivity contribution is 0.0376. The summed E-state index contributed by atoms with van der Waals surface area (Å²) < 4.78 is 10.5. The lowest BCUT2D eigenvalue weighted by atomic mass is 10.1. The Morgan fingerprint density at radius 3 is 2.67 bits per heavy atom. The van der Waals surface area contributed by atoms with Gasteiger partial charge in [0.2, 0.25) is 0 Å². The van der Waals surface area contributed by atoms with Gasteiger partial charge in [0.15, 0.2) is 5.75 Å². The Morgan fingerprint density at radius 2 is 2.11 bits per heavy atom. The van der Waals surface area contributed by atoms with Crippen LogP contribution in [0, 0.1) is 0 Å². The molecule has 0 aliphatic carbocycles. The molecular formula is C12H13Cl2NO3. The summed E-state index contributed by atoms with van der Waals surface area (Å²) in [6, 6.07) is 3.19. The normalized spacial score (nSPS) is 19.1. The van der Waals surface area contributed by atoms with Crippen molar-refractivity contribution in [2.45, 2.75) is 13.2 Å². The molecule has 1 aromatic carbocycles. The quantitative estimate of drug-likeness (QED) is 0.840. The van der Waals surface area contributed by atoms with Crippen molar-refractivity contribution in [3.8, 4) is 5.75 Å². The van der Waals surface area contributed by atoms with E-state index in [-0.39, 0.29) is 17.7 Å². The second-order valence-electron chi connectivity index (χ2n) is 3.91. The minimum absolute atomic E-state index is 0.232. The van der Waals surface area contributed by atoms with Crippen molar-refractivity contribution in [1.82, 2.24) is 4.90 Å². The van der Waals surface area contributed by atoms with Crippen molar-refractivity contribution >= 4 is 29.1 Å². The maximum Gasteiger partial charge on any atom is 0.261 e. The van der Waals surface area contributed by atoms with Gasteiger partial charge in [0, 0.05) is 6.54 Å². The molecule has 1 aliphatic heterocycles. The van der Waals surface area contributed by atoms with Crippen LogP contribution in [0.1, 0.15) is 17.3 Å². The first-order valence-electron chi connectivity index (χ1n) is 5.50. The van der Waals surface area contributed by atoms with Crippen LogP contribution in [0.25, 0.3) is 0 Å². The minimum atomic E-state index is -0.266. The zero-order chi connectivity index (χ0) is 13.3. The number of benzene rings is 1. The van der Waals surface area contributed by atoms with Gasteiger partial charge in [-0.3, -0.25) is 4.79 Å². The zero-order valence-corrected chi connectivity index (χ0v) is 11.6. The lowest BCUT2D eigenvalue weighted by Crippen LogP contribution is -2.34. The zero-order valence-electron chi connectivity index (χ0n) is 10.1. The van der Waals surface area contributed by atoms with E-state index in [4.69, 9.17) is 32.7 Å². The summed E-state index contributed by atoms with van der Waals surface area (Å²) in [4.78, 5) is 14.0. The van der Waals surface area contributed by atoms with Crippen LogP contribution in [0.2, 0.25) is 10.0 Å². The number of carbonyl (C=O) groups is 1. The molecule has 0 radical (unpaired) electrons. The molecule has 6 heteroatoms. The van der Waals surface area contributed by atoms with Crippen molar-refractivity contribution in [3.05, 3.63) is 27.7 Å².